The first-order valence-electron chi connectivity index (χ1n) is 5.94. The molecule has 1 aromatic rings. The molecule has 0 aromatic carbocycles. The van der Waals surface area contributed by atoms with Crippen molar-refractivity contribution >= 4 is 38.1 Å². The van der Waals surface area contributed by atoms with E-state index in [1.807, 2.05) is 6.92 Å². The number of hydrogen-bond acceptors (Lipinski definition) is 6. The quantitative estimate of drug-likeness (QED) is 0.928. The molecule has 7 heteroatoms. The van der Waals surface area contributed by atoms with Gasteiger partial charge >= 0.3 is 0 Å². The van der Waals surface area contributed by atoms with E-state index >= 15 is 0 Å². The Balaban J connectivity index is 2.04. The number of aryl methyl sites for hydroxylation is 1. The molecule has 1 aromatic heterocycles. The van der Waals surface area contributed by atoms with E-state index in [0.717, 1.165) is 35.6 Å². The summed E-state index contributed by atoms with van der Waals surface area (Å²) < 4.78 is 24.4. The smallest absolute Gasteiger partial charge is 0.181 e. The van der Waals surface area contributed by atoms with Crippen molar-refractivity contribution in [1.29, 1.82) is 0 Å². The lowest BCUT2D eigenvalue weighted by molar-refractivity contribution is 0.495. The minimum absolute atomic E-state index is 0.172. The van der Waals surface area contributed by atoms with Crippen LogP contribution in [0.1, 0.15) is 31.4 Å². The second kappa shape index (κ2) is 5.38. The molecule has 0 aliphatic heterocycles. The zero-order valence-electron chi connectivity index (χ0n) is 10.5. The van der Waals surface area contributed by atoms with Crippen LogP contribution in [0.5, 0.6) is 0 Å². The third-order valence-corrected chi connectivity index (χ3v) is 7.46. The Morgan fingerprint density at radius 3 is 2.72 bits per heavy atom. The van der Waals surface area contributed by atoms with Crippen LogP contribution in [-0.4, -0.2) is 30.2 Å². The highest BCUT2D eigenvalue weighted by molar-refractivity contribution is 8.01. The predicted octanol–water partition coefficient (Wildman–Crippen LogP) is 2.48. The molecule has 2 N–H and O–H groups in total. The Morgan fingerprint density at radius 2 is 2.17 bits per heavy atom. The van der Waals surface area contributed by atoms with Gasteiger partial charge in [-0.15, -0.1) is 11.8 Å². The SMILES string of the molecule is Cc1nc(N)sc1SC1CCCC(S(C)(=O)=O)C1. The van der Waals surface area contributed by atoms with Gasteiger partial charge in [-0.25, -0.2) is 13.4 Å². The first kappa shape index (κ1) is 14.1. The molecule has 0 amide bonds. The topological polar surface area (TPSA) is 73.0 Å². The number of thioether (sulfide) groups is 1. The molecule has 4 nitrogen and oxygen atoms in total. The lowest BCUT2D eigenvalue weighted by Crippen LogP contribution is -2.28. The number of nitrogen functional groups attached to an aromatic ring is 1. The maximum atomic E-state index is 11.6. The molecule has 1 saturated carbocycles. The fourth-order valence-corrected chi connectivity index (χ4v) is 6.11. The van der Waals surface area contributed by atoms with Gasteiger partial charge in [0, 0.05) is 11.5 Å². The predicted molar refractivity (Wildman–Crippen MR) is 78.0 cm³/mol. The number of thiazole rings is 1. The maximum absolute atomic E-state index is 11.6. The summed E-state index contributed by atoms with van der Waals surface area (Å²) in [5.74, 6) is 0. The van der Waals surface area contributed by atoms with Crippen LogP contribution < -0.4 is 5.73 Å². The van der Waals surface area contributed by atoms with Gasteiger partial charge in [-0.1, -0.05) is 17.8 Å². The van der Waals surface area contributed by atoms with Gasteiger partial charge in [-0.3, -0.25) is 0 Å². The molecule has 18 heavy (non-hydrogen) atoms. The number of hydrogen-bond donors (Lipinski definition) is 1. The largest absolute Gasteiger partial charge is 0.375 e. The van der Waals surface area contributed by atoms with E-state index in [-0.39, 0.29) is 5.25 Å². The highest BCUT2D eigenvalue weighted by Gasteiger charge is 2.29. The lowest BCUT2D eigenvalue weighted by Gasteiger charge is -2.27. The average Bonchev–Trinajstić information content (AvgIpc) is 2.56. The van der Waals surface area contributed by atoms with E-state index in [2.05, 4.69) is 4.98 Å². The molecule has 0 radical (unpaired) electrons. The summed E-state index contributed by atoms with van der Waals surface area (Å²) in [5.41, 5.74) is 6.64. The Hall–Kier alpha value is -0.270. The van der Waals surface area contributed by atoms with Gasteiger partial charge in [0.15, 0.2) is 5.13 Å². The molecule has 102 valence electrons. The normalized spacial score (nSPS) is 25.2. The maximum Gasteiger partial charge on any atom is 0.181 e. The number of sulfone groups is 1. The second-order valence-electron chi connectivity index (χ2n) is 4.78. The Bertz CT molecular complexity index is 524. The number of rotatable bonds is 3. The van der Waals surface area contributed by atoms with Gasteiger partial charge in [0.1, 0.15) is 9.84 Å². The molecule has 2 unspecified atom stereocenters. The molecule has 1 aliphatic rings. The second-order valence-corrected chi connectivity index (χ2v) is 9.71. The lowest BCUT2D eigenvalue weighted by atomic mass is 10.00. The van der Waals surface area contributed by atoms with Crippen molar-refractivity contribution in [3.05, 3.63) is 5.69 Å². The fraction of sp³-hybridized carbons (Fsp3) is 0.727. The van der Waals surface area contributed by atoms with Crippen LogP contribution in [0.4, 0.5) is 5.13 Å². The average molecular weight is 306 g/mol. The van der Waals surface area contributed by atoms with Crippen molar-refractivity contribution in [2.75, 3.05) is 12.0 Å². The van der Waals surface area contributed by atoms with Crippen LogP contribution in [0.25, 0.3) is 0 Å². The number of nitrogens with zero attached hydrogens (tertiary/aromatic N) is 1. The highest BCUT2D eigenvalue weighted by Crippen LogP contribution is 2.40. The summed E-state index contributed by atoms with van der Waals surface area (Å²) in [6.45, 7) is 1.95. The fourth-order valence-electron chi connectivity index (χ4n) is 2.26. The van der Waals surface area contributed by atoms with Crippen molar-refractivity contribution in [2.24, 2.45) is 0 Å². The molecule has 1 aliphatic carbocycles. The number of anilines is 1. The summed E-state index contributed by atoms with van der Waals surface area (Å²) in [4.78, 5) is 4.20. The van der Waals surface area contributed by atoms with E-state index < -0.39 is 9.84 Å². The molecule has 0 saturated heterocycles. The van der Waals surface area contributed by atoms with Gasteiger partial charge < -0.3 is 5.73 Å². The molecule has 2 rings (SSSR count). The van der Waals surface area contributed by atoms with Gasteiger partial charge in [0.25, 0.3) is 0 Å². The van der Waals surface area contributed by atoms with E-state index in [4.69, 9.17) is 5.73 Å². The first-order chi connectivity index (χ1) is 8.36. The standard InChI is InChI=1S/C11H18N2O2S3/c1-7-10(17-11(12)13-7)16-8-4-3-5-9(6-8)18(2,14)15/h8-9H,3-6H2,1-2H3,(H2,12,13). The molecular weight excluding hydrogens is 288 g/mol. The Labute approximate surface area is 116 Å². The van der Waals surface area contributed by atoms with E-state index in [0.29, 0.717) is 10.4 Å². The van der Waals surface area contributed by atoms with Gasteiger partial charge in [0.05, 0.1) is 15.2 Å². The van der Waals surface area contributed by atoms with E-state index in [1.54, 1.807) is 11.8 Å². The van der Waals surface area contributed by atoms with Crippen LogP contribution in [0, 0.1) is 6.92 Å². The van der Waals surface area contributed by atoms with Crippen LogP contribution in [0.3, 0.4) is 0 Å². The third kappa shape index (κ3) is 3.39. The third-order valence-electron chi connectivity index (χ3n) is 3.23. The first-order valence-corrected chi connectivity index (χ1v) is 9.59. The van der Waals surface area contributed by atoms with Crippen molar-refractivity contribution in [3.63, 3.8) is 0 Å². The van der Waals surface area contributed by atoms with Crippen molar-refractivity contribution in [2.45, 2.75) is 47.3 Å². The van der Waals surface area contributed by atoms with Crippen molar-refractivity contribution in [3.8, 4) is 0 Å². The molecular formula is C11H18N2O2S3. The molecule has 2 atom stereocenters. The van der Waals surface area contributed by atoms with E-state index in [9.17, 15) is 8.42 Å². The summed E-state index contributed by atoms with van der Waals surface area (Å²) >= 11 is 3.24. The number of nitrogens with two attached hydrogens (primary N) is 1. The Morgan fingerprint density at radius 1 is 1.44 bits per heavy atom. The monoisotopic (exact) mass is 306 g/mol. The van der Waals surface area contributed by atoms with E-state index in [1.165, 1.54) is 17.6 Å². The molecule has 0 bridgehead atoms. The van der Waals surface area contributed by atoms with Crippen molar-refractivity contribution < 1.29 is 8.42 Å². The molecule has 1 heterocycles. The van der Waals surface area contributed by atoms with Crippen LogP contribution in [-0.2, 0) is 9.84 Å². The summed E-state index contributed by atoms with van der Waals surface area (Å²) in [6, 6.07) is 0. The molecule has 1 fully saturated rings. The summed E-state index contributed by atoms with van der Waals surface area (Å²) in [6.07, 6.45) is 4.97. The van der Waals surface area contributed by atoms with Gasteiger partial charge in [0.2, 0.25) is 0 Å². The van der Waals surface area contributed by atoms with Gasteiger partial charge in [-0.2, -0.15) is 0 Å². The minimum atomic E-state index is -2.91. The molecule has 0 spiro atoms. The minimum Gasteiger partial charge on any atom is -0.375 e. The summed E-state index contributed by atoms with van der Waals surface area (Å²) in [7, 11) is -2.91. The Kier molecular flexibility index (Phi) is 4.23. The highest BCUT2D eigenvalue weighted by atomic mass is 32.2. The zero-order valence-corrected chi connectivity index (χ0v) is 13.0. The number of aromatic nitrogens is 1. The van der Waals surface area contributed by atoms with Crippen LogP contribution >= 0.6 is 23.1 Å². The van der Waals surface area contributed by atoms with Crippen LogP contribution in [0.15, 0.2) is 4.21 Å². The van der Waals surface area contributed by atoms with Crippen molar-refractivity contribution in [1.82, 2.24) is 4.98 Å². The van der Waals surface area contributed by atoms with Gasteiger partial charge in [-0.05, 0) is 26.2 Å². The summed E-state index contributed by atoms with van der Waals surface area (Å²) in [5, 5.41) is 0.789. The zero-order chi connectivity index (χ0) is 13.3. The van der Waals surface area contributed by atoms with Crippen LogP contribution in [0.2, 0.25) is 0 Å².